The lowest BCUT2D eigenvalue weighted by molar-refractivity contribution is 0.625. The van der Waals surface area contributed by atoms with Crippen molar-refractivity contribution < 1.29 is 0 Å². The minimum Gasteiger partial charge on any atom is -0.147 e. The van der Waals surface area contributed by atoms with E-state index >= 15 is 0 Å². The van der Waals surface area contributed by atoms with Crippen molar-refractivity contribution >= 4 is 37.5 Å². The first-order valence-corrected chi connectivity index (χ1v) is 29.5. The molecule has 0 nitrogen and oxygen atoms in total. The van der Waals surface area contributed by atoms with Gasteiger partial charge in [-0.2, -0.15) is 0 Å². The Balaban J connectivity index is 8.54. The van der Waals surface area contributed by atoms with Gasteiger partial charge < -0.3 is 0 Å². The van der Waals surface area contributed by atoms with E-state index < -0.39 is 37.5 Å². The Kier molecular flexibility index (Phi) is 8.57. The second-order valence-corrected chi connectivity index (χ2v) is 60.0. The summed E-state index contributed by atoms with van der Waals surface area (Å²) in [6.45, 7) is 50.4. The second-order valence-electron chi connectivity index (χ2n) is 16.8. The fraction of sp³-hybridized carbons (Fsp3) is 0.923. The predicted molar refractivity (Wildman–Crippen MR) is 162 cm³/mol. The third-order valence-corrected chi connectivity index (χ3v) is 85.5. The van der Waals surface area contributed by atoms with Crippen LogP contribution in [0.4, 0.5) is 0 Å². The smallest absolute Gasteiger partial charge is 0.128 e. The molecule has 0 heterocycles. The van der Waals surface area contributed by atoms with E-state index in [-0.39, 0.29) is 0 Å². The van der Waals surface area contributed by atoms with Crippen molar-refractivity contribution in [3.63, 3.8) is 0 Å². The molecule has 0 aromatic rings. The Hall–Kier alpha value is 0.644. The maximum atomic E-state index is 4.56. The molecule has 0 atom stereocenters. The van der Waals surface area contributed by atoms with E-state index in [1.54, 1.807) is 0 Å². The molecular weight excluding hydrogens is 453 g/mol. The van der Waals surface area contributed by atoms with Crippen molar-refractivity contribution in [2.24, 2.45) is 0 Å². The molecule has 0 rings (SSSR count). The quantitative estimate of drug-likeness (QED) is 0.260. The van der Waals surface area contributed by atoms with E-state index in [2.05, 4.69) is 147 Å². The van der Waals surface area contributed by atoms with Crippen LogP contribution >= 0.6 is 0 Å². The van der Waals surface area contributed by atoms with Crippen LogP contribution in [0.1, 0.15) is 83.1 Å². The van der Waals surface area contributed by atoms with Crippen molar-refractivity contribution in [3.8, 4) is 11.1 Å². The minimum absolute atomic E-state index is 0.330. The second kappa shape index (κ2) is 8.39. The zero-order valence-electron chi connectivity index (χ0n) is 25.5. The van der Waals surface area contributed by atoms with Crippen LogP contribution in [0.25, 0.3) is 0 Å². The van der Waals surface area contributed by atoms with Gasteiger partial charge in [-0.15, -0.1) is 11.1 Å². The largest absolute Gasteiger partial charge is 0.147 e. The molecule has 0 amide bonds. The van der Waals surface area contributed by atoms with E-state index in [1.165, 1.54) is 0 Å². The molecule has 0 fully saturated rings. The number of hydrogen-bond acceptors (Lipinski definition) is 0. The summed E-state index contributed by atoms with van der Waals surface area (Å²) in [5.41, 5.74) is 8.68. The summed E-state index contributed by atoms with van der Waals surface area (Å²) in [6, 6.07) is 0. The zero-order valence-corrected chi connectivity index (χ0v) is 30.5. The molecule has 0 unspecified atom stereocenters. The molecule has 0 aromatic carbocycles. The maximum absolute atomic E-state index is 4.56. The van der Waals surface area contributed by atoms with E-state index in [1.807, 2.05) is 0 Å². The third kappa shape index (κ3) is 5.04. The highest BCUT2D eigenvalue weighted by Crippen LogP contribution is 2.66. The van der Waals surface area contributed by atoms with Gasteiger partial charge in [-0.1, -0.05) is 135 Å². The van der Waals surface area contributed by atoms with E-state index in [0.717, 1.165) is 0 Å². The highest BCUT2D eigenvalue weighted by Gasteiger charge is 2.77. The maximum Gasteiger partial charge on any atom is 0.128 e. The monoisotopic (exact) mass is 512 g/mol. The summed E-state index contributed by atoms with van der Waals surface area (Å²) in [4.78, 5) is 0. The van der Waals surface area contributed by atoms with Gasteiger partial charge in [-0.3, -0.25) is 0 Å². The molecular formula is C26H60Si5. The van der Waals surface area contributed by atoms with Crippen LogP contribution in [-0.2, 0) is 0 Å². The predicted octanol–water partition coefficient (Wildman–Crippen LogP) is 9.79. The van der Waals surface area contributed by atoms with Gasteiger partial charge in [0, 0.05) is 7.59 Å². The normalized spacial score (nSPS) is 16.1. The molecule has 0 N–H and O–H groups in total. The summed E-state index contributed by atoms with van der Waals surface area (Å²) < 4.78 is 0. The molecule has 0 radical (unpaired) electrons. The molecule has 0 spiro atoms. The Morgan fingerprint density at radius 3 is 0.742 bits per heavy atom. The van der Waals surface area contributed by atoms with Crippen LogP contribution in [0, 0.1) is 11.1 Å². The molecule has 0 aliphatic carbocycles. The first-order chi connectivity index (χ1) is 13.0. The van der Waals surface area contributed by atoms with Crippen molar-refractivity contribution in [2.75, 3.05) is 0 Å². The van der Waals surface area contributed by atoms with Gasteiger partial charge in [0.05, 0.1) is 15.2 Å². The first kappa shape index (κ1) is 31.6. The average Bonchev–Trinajstić information content (AvgIpc) is 2.39. The molecule has 0 bridgehead atoms. The van der Waals surface area contributed by atoms with E-state index in [9.17, 15) is 0 Å². The van der Waals surface area contributed by atoms with Gasteiger partial charge in [0.2, 0.25) is 0 Å². The average molecular weight is 513 g/mol. The first-order valence-electron chi connectivity index (χ1n) is 12.5. The summed E-state index contributed by atoms with van der Waals surface area (Å²) in [5, 5.41) is 1.32. The fourth-order valence-electron chi connectivity index (χ4n) is 7.22. The van der Waals surface area contributed by atoms with Gasteiger partial charge in [0.25, 0.3) is 0 Å². The lowest BCUT2D eigenvalue weighted by Crippen LogP contribution is -2.92. The highest BCUT2D eigenvalue weighted by molar-refractivity contribution is 7.93. The van der Waals surface area contributed by atoms with E-state index in [4.69, 9.17) is 0 Å². The molecule has 31 heavy (non-hydrogen) atoms. The van der Waals surface area contributed by atoms with E-state index in [0.29, 0.717) is 20.2 Å². The Bertz CT molecular complexity index is 630. The molecule has 0 saturated heterocycles. The van der Waals surface area contributed by atoms with Crippen LogP contribution in [-0.4, -0.2) is 37.5 Å². The van der Waals surface area contributed by atoms with Gasteiger partial charge in [-0.05, 0) is 20.2 Å². The topological polar surface area (TPSA) is 0 Å². The van der Waals surface area contributed by atoms with Gasteiger partial charge in [0.15, 0.2) is 0 Å². The standard InChI is InChI=1S/C26H60Si5/c1-23(2,3)29(19,24(4,5)6)31(28(16,17)18,22-21-27(13,14)15)30(20,25(7,8)9)26(10,11)12/h1-20H3. The summed E-state index contributed by atoms with van der Waals surface area (Å²) in [5.74, 6) is 0. The lowest BCUT2D eigenvalue weighted by Gasteiger charge is -2.72. The van der Waals surface area contributed by atoms with Crippen LogP contribution in [0.3, 0.4) is 0 Å². The Morgan fingerprint density at radius 2 is 0.613 bits per heavy atom. The van der Waals surface area contributed by atoms with Crippen molar-refractivity contribution in [1.82, 2.24) is 0 Å². The molecule has 5 heteroatoms. The highest BCUT2D eigenvalue weighted by atomic mass is 29.9. The fourth-order valence-corrected chi connectivity index (χ4v) is 116. The van der Waals surface area contributed by atoms with Gasteiger partial charge >= 0.3 is 0 Å². The summed E-state index contributed by atoms with van der Waals surface area (Å²) >= 11 is 0. The lowest BCUT2D eigenvalue weighted by atomic mass is 10.2. The Morgan fingerprint density at radius 1 is 0.387 bits per heavy atom. The number of hydrogen-bond donors (Lipinski definition) is 0. The SMILES string of the molecule is CC(C)(C)[Si](C)(C(C)(C)C)[Si](C#C[Si](C)(C)C)([Si](C)(C)C)[Si](C)(C(C)(C)C)C(C)(C)C. The van der Waals surface area contributed by atoms with Crippen LogP contribution in [0.2, 0.25) is 72.5 Å². The number of rotatable bonds is 3. The van der Waals surface area contributed by atoms with Gasteiger partial charge in [0.1, 0.15) is 14.7 Å². The van der Waals surface area contributed by atoms with Crippen molar-refractivity contribution in [1.29, 1.82) is 0 Å². The molecule has 0 aliphatic rings. The van der Waals surface area contributed by atoms with Crippen molar-refractivity contribution in [3.05, 3.63) is 0 Å². The summed E-state index contributed by atoms with van der Waals surface area (Å²) in [7, 11) is -6.96. The molecule has 0 aromatic heterocycles. The van der Waals surface area contributed by atoms with Gasteiger partial charge in [-0.25, -0.2) is 0 Å². The van der Waals surface area contributed by atoms with Crippen molar-refractivity contribution in [2.45, 2.75) is 156 Å². The zero-order chi connectivity index (χ0) is 25.9. The molecule has 0 aliphatic heterocycles. The minimum atomic E-state index is -2.07. The Labute approximate surface area is 203 Å². The molecule has 184 valence electrons. The summed E-state index contributed by atoms with van der Waals surface area (Å²) in [6.07, 6.45) is 0. The van der Waals surface area contributed by atoms with Crippen LogP contribution < -0.4 is 0 Å². The molecule has 0 saturated carbocycles. The van der Waals surface area contributed by atoms with Crippen LogP contribution in [0.5, 0.6) is 0 Å². The van der Waals surface area contributed by atoms with Crippen LogP contribution in [0.15, 0.2) is 0 Å². The third-order valence-electron chi connectivity index (χ3n) is 9.25.